The number of carbonyl (C=O) groups excluding carboxylic acids is 1. The lowest BCUT2D eigenvalue weighted by atomic mass is 10.1. The monoisotopic (exact) mass is 282 g/mol. The summed E-state index contributed by atoms with van der Waals surface area (Å²) in [5.41, 5.74) is 3.42. The van der Waals surface area contributed by atoms with Crippen molar-refractivity contribution < 1.29 is 4.79 Å². The first-order valence-corrected chi connectivity index (χ1v) is 7.27. The van der Waals surface area contributed by atoms with Crippen LogP contribution in [-0.2, 0) is 0 Å². The topological polar surface area (TPSA) is 33.2 Å². The van der Waals surface area contributed by atoms with E-state index in [2.05, 4.69) is 18.8 Å². The molecule has 0 atom stereocenters. The number of pyridine rings is 1. The standard InChI is InChI=1S/C18H22N2O/c1-13(2)12-20(4)18(21)16-10-11-17(19-14(16)3)15-8-6-5-7-9-15/h5-11,13H,12H2,1-4H3. The lowest BCUT2D eigenvalue weighted by molar-refractivity contribution is 0.0778. The Morgan fingerprint density at radius 1 is 1.14 bits per heavy atom. The summed E-state index contributed by atoms with van der Waals surface area (Å²) in [5, 5.41) is 0. The highest BCUT2D eigenvalue weighted by molar-refractivity contribution is 5.95. The molecule has 0 aliphatic heterocycles. The number of nitrogens with zero attached hydrogens (tertiary/aromatic N) is 2. The predicted octanol–water partition coefficient (Wildman–Crippen LogP) is 3.79. The molecule has 3 nitrogen and oxygen atoms in total. The molecule has 1 amide bonds. The van der Waals surface area contributed by atoms with Crippen LogP contribution in [0.4, 0.5) is 0 Å². The van der Waals surface area contributed by atoms with Gasteiger partial charge in [0, 0.05) is 19.2 Å². The van der Waals surface area contributed by atoms with Crippen molar-refractivity contribution in [2.45, 2.75) is 20.8 Å². The van der Waals surface area contributed by atoms with Crippen LogP contribution in [0.2, 0.25) is 0 Å². The van der Waals surface area contributed by atoms with Gasteiger partial charge < -0.3 is 4.90 Å². The van der Waals surface area contributed by atoms with Crippen LogP contribution in [0.1, 0.15) is 29.9 Å². The first-order chi connectivity index (χ1) is 9.99. The van der Waals surface area contributed by atoms with Crippen molar-refractivity contribution in [1.29, 1.82) is 0 Å². The van der Waals surface area contributed by atoms with Crippen molar-refractivity contribution in [3.8, 4) is 11.3 Å². The van der Waals surface area contributed by atoms with Crippen molar-refractivity contribution >= 4 is 5.91 Å². The van der Waals surface area contributed by atoms with Gasteiger partial charge in [-0.2, -0.15) is 0 Å². The van der Waals surface area contributed by atoms with Crippen LogP contribution in [0.15, 0.2) is 42.5 Å². The summed E-state index contributed by atoms with van der Waals surface area (Å²) < 4.78 is 0. The van der Waals surface area contributed by atoms with Crippen molar-refractivity contribution in [2.24, 2.45) is 5.92 Å². The third-order valence-corrected chi connectivity index (χ3v) is 3.37. The quantitative estimate of drug-likeness (QED) is 0.855. The number of hydrogen-bond donors (Lipinski definition) is 0. The van der Waals surface area contributed by atoms with E-state index in [-0.39, 0.29) is 5.91 Å². The highest BCUT2D eigenvalue weighted by atomic mass is 16.2. The maximum absolute atomic E-state index is 12.4. The highest BCUT2D eigenvalue weighted by Gasteiger charge is 2.16. The SMILES string of the molecule is Cc1nc(-c2ccccc2)ccc1C(=O)N(C)CC(C)C. The molecule has 0 unspecified atom stereocenters. The zero-order valence-corrected chi connectivity index (χ0v) is 13.1. The van der Waals surface area contributed by atoms with Gasteiger partial charge in [-0.3, -0.25) is 9.78 Å². The molecule has 110 valence electrons. The average molecular weight is 282 g/mol. The smallest absolute Gasteiger partial charge is 0.255 e. The Kier molecular flexibility index (Phi) is 4.73. The van der Waals surface area contributed by atoms with E-state index in [9.17, 15) is 4.79 Å². The molecule has 0 aliphatic rings. The number of benzene rings is 1. The van der Waals surface area contributed by atoms with Gasteiger partial charge in [0.05, 0.1) is 17.0 Å². The number of aryl methyl sites for hydroxylation is 1. The summed E-state index contributed by atoms with van der Waals surface area (Å²) in [7, 11) is 1.84. The van der Waals surface area contributed by atoms with Crippen LogP contribution >= 0.6 is 0 Å². The third-order valence-electron chi connectivity index (χ3n) is 3.37. The van der Waals surface area contributed by atoms with Gasteiger partial charge in [-0.15, -0.1) is 0 Å². The van der Waals surface area contributed by atoms with E-state index >= 15 is 0 Å². The van der Waals surface area contributed by atoms with Crippen LogP contribution < -0.4 is 0 Å². The fraction of sp³-hybridized carbons (Fsp3) is 0.333. The molecule has 0 aliphatic carbocycles. The predicted molar refractivity (Wildman–Crippen MR) is 86.2 cm³/mol. The molecule has 1 aromatic heterocycles. The molecular formula is C18H22N2O. The zero-order valence-electron chi connectivity index (χ0n) is 13.1. The van der Waals surface area contributed by atoms with Crippen LogP contribution in [-0.4, -0.2) is 29.4 Å². The second-order valence-electron chi connectivity index (χ2n) is 5.78. The molecule has 21 heavy (non-hydrogen) atoms. The Labute approximate surface area is 126 Å². The summed E-state index contributed by atoms with van der Waals surface area (Å²) in [5.74, 6) is 0.490. The van der Waals surface area contributed by atoms with Gasteiger partial charge in [0.2, 0.25) is 0 Å². The van der Waals surface area contributed by atoms with E-state index in [0.29, 0.717) is 11.5 Å². The maximum atomic E-state index is 12.4. The molecule has 0 N–H and O–H groups in total. The van der Waals surface area contributed by atoms with E-state index < -0.39 is 0 Å². The number of rotatable bonds is 4. The fourth-order valence-corrected chi connectivity index (χ4v) is 2.39. The minimum Gasteiger partial charge on any atom is -0.341 e. The number of amides is 1. The number of aromatic nitrogens is 1. The summed E-state index contributed by atoms with van der Waals surface area (Å²) in [6, 6.07) is 13.8. The van der Waals surface area contributed by atoms with E-state index in [1.165, 1.54) is 0 Å². The first kappa shape index (κ1) is 15.2. The average Bonchev–Trinajstić information content (AvgIpc) is 2.46. The van der Waals surface area contributed by atoms with Gasteiger partial charge in [-0.1, -0.05) is 44.2 Å². The molecule has 1 heterocycles. The lowest BCUT2D eigenvalue weighted by Gasteiger charge is -2.20. The van der Waals surface area contributed by atoms with E-state index in [1.54, 1.807) is 4.90 Å². The number of hydrogen-bond acceptors (Lipinski definition) is 2. The van der Waals surface area contributed by atoms with E-state index in [4.69, 9.17) is 0 Å². The minimum atomic E-state index is 0.0355. The Balaban J connectivity index is 2.26. The molecular weight excluding hydrogens is 260 g/mol. The molecule has 0 fully saturated rings. The molecule has 0 saturated heterocycles. The van der Waals surface area contributed by atoms with Crippen molar-refractivity contribution in [1.82, 2.24) is 9.88 Å². The van der Waals surface area contributed by atoms with Gasteiger partial charge in [0.15, 0.2) is 0 Å². The van der Waals surface area contributed by atoms with Crippen LogP contribution in [0.5, 0.6) is 0 Å². The largest absolute Gasteiger partial charge is 0.341 e. The van der Waals surface area contributed by atoms with Crippen molar-refractivity contribution in [3.63, 3.8) is 0 Å². The highest BCUT2D eigenvalue weighted by Crippen LogP contribution is 2.19. The lowest BCUT2D eigenvalue weighted by Crippen LogP contribution is -2.30. The van der Waals surface area contributed by atoms with Crippen molar-refractivity contribution in [3.05, 3.63) is 53.7 Å². The Morgan fingerprint density at radius 3 is 2.38 bits per heavy atom. The number of carbonyl (C=O) groups is 1. The summed E-state index contributed by atoms with van der Waals surface area (Å²) in [4.78, 5) is 18.8. The summed E-state index contributed by atoms with van der Waals surface area (Å²) in [6.45, 7) is 6.85. The summed E-state index contributed by atoms with van der Waals surface area (Å²) >= 11 is 0. The Morgan fingerprint density at radius 2 is 1.81 bits per heavy atom. The zero-order chi connectivity index (χ0) is 15.4. The van der Waals surface area contributed by atoms with Crippen LogP contribution in [0, 0.1) is 12.8 Å². The van der Waals surface area contributed by atoms with Crippen LogP contribution in [0.25, 0.3) is 11.3 Å². The van der Waals surface area contributed by atoms with Gasteiger partial charge in [-0.25, -0.2) is 0 Å². The Hall–Kier alpha value is -2.16. The van der Waals surface area contributed by atoms with Gasteiger partial charge in [0.1, 0.15) is 0 Å². The summed E-state index contributed by atoms with van der Waals surface area (Å²) in [6.07, 6.45) is 0. The molecule has 3 heteroatoms. The van der Waals surface area contributed by atoms with E-state index in [0.717, 1.165) is 23.5 Å². The second kappa shape index (κ2) is 6.53. The van der Waals surface area contributed by atoms with Crippen molar-refractivity contribution in [2.75, 3.05) is 13.6 Å². The molecule has 0 saturated carbocycles. The van der Waals surface area contributed by atoms with Gasteiger partial charge in [-0.05, 0) is 25.0 Å². The normalized spacial score (nSPS) is 10.7. The Bertz CT molecular complexity index is 620. The minimum absolute atomic E-state index is 0.0355. The second-order valence-corrected chi connectivity index (χ2v) is 5.78. The molecule has 2 aromatic rings. The van der Waals surface area contributed by atoms with Gasteiger partial charge in [0.25, 0.3) is 5.91 Å². The molecule has 2 rings (SSSR count). The molecule has 0 radical (unpaired) electrons. The fourth-order valence-electron chi connectivity index (χ4n) is 2.39. The molecule has 0 spiro atoms. The van der Waals surface area contributed by atoms with Crippen LogP contribution in [0.3, 0.4) is 0 Å². The first-order valence-electron chi connectivity index (χ1n) is 7.27. The molecule has 1 aromatic carbocycles. The molecule has 0 bridgehead atoms. The third kappa shape index (κ3) is 3.69. The maximum Gasteiger partial charge on any atom is 0.255 e. The van der Waals surface area contributed by atoms with Gasteiger partial charge >= 0.3 is 0 Å². The van der Waals surface area contributed by atoms with E-state index in [1.807, 2.05) is 56.4 Å².